The minimum atomic E-state index is -0.397. The van der Waals surface area contributed by atoms with E-state index in [1.165, 1.54) is 16.3 Å². The molecule has 0 spiro atoms. The summed E-state index contributed by atoms with van der Waals surface area (Å²) >= 11 is 6.77. The number of thiocarbonyl (C=S) groups is 1. The number of hydrogen-bond donors (Lipinski definition) is 0. The Labute approximate surface area is 243 Å². The Morgan fingerprint density at radius 1 is 1.23 bits per heavy atom. The fourth-order valence-corrected chi connectivity index (χ4v) is 6.33. The van der Waals surface area contributed by atoms with Gasteiger partial charge in [0.15, 0.2) is 0 Å². The zero-order valence-corrected chi connectivity index (χ0v) is 24.7. The normalized spacial score (nSPS) is 16.9. The minimum Gasteiger partial charge on any atom is -0.497 e. The lowest BCUT2D eigenvalue weighted by Gasteiger charge is -2.35. The van der Waals surface area contributed by atoms with Gasteiger partial charge in [-0.1, -0.05) is 36.1 Å². The van der Waals surface area contributed by atoms with Gasteiger partial charge >= 0.3 is 5.97 Å². The Balaban J connectivity index is 1.63. The topological polar surface area (TPSA) is 105 Å². The summed E-state index contributed by atoms with van der Waals surface area (Å²) in [6.07, 6.45) is 3.54. The van der Waals surface area contributed by atoms with Crippen molar-refractivity contribution in [1.82, 2.24) is 9.47 Å². The number of carbonyl (C=O) groups excluding carboxylic acids is 2. The minimum absolute atomic E-state index is 0.0360. The number of nitriles is 1. The van der Waals surface area contributed by atoms with Crippen LogP contribution in [0.25, 0.3) is 6.08 Å². The van der Waals surface area contributed by atoms with E-state index >= 15 is 0 Å². The van der Waals surface area contributed by atoms with Crippen LogP contribution in [0.5, 0.6) is 5.75 Å². The molecule has 210 valence electrons. The Morgan fingerprint density at radius 3 is 2.50 bits per heavy atom. The van der Waals surface area contributed by atoms with Gasteiger partial charge in [0.2, 0.25) is 0 Å². The van der Waals surface area contributed by atoms with Gasteiger partial charge in [-0.15, -0.1) is 0 Å². The second-order valence-electron chi connectivity index (χ2n) is 9.66. The first-order valence-corrected chi connectivity index (χ1v) is 14.4. The highest BCUT2D eigenvalue weighted by molar-refractivity contribution is 8.26. The lowest BCUT2D eigenvalue weighted by atomic mass is 9.95. The van der Waals surface area contributed by atoms with Gasteiger partial charge in [0, 0.05) is 32.2 Å². The molecule has 0 radical (unpaired) electrons. The van der Waals surface area contributed by atoms with Crippen LogP contribution in [0.3, 0.4) is 0 Å². The number of ether oxygens (including phenoxy) is 2. The van der Waals surface area contributed by atoms with Crippen molar-refractivity contribution >= 4 is 52.1 Å². The highest BCUT2D eigenvalue weighted by atomic mass is 32.2. The standard InChI is InChI=1S/C29H32N4O5S2/c1-5-38-28(36)20-11-13-32(14-12-20)25-22(18(2)23(17-30)26(34)31(25)3)16-24-27(35)33(29(39)40-24)15-10-19-6-8-21(37-4)9-7-19/h6-9,16,20H,5,10-15H2,1-4H3/b24-16+. The number of thioether (sulfide) groups is 1. The summed E-state index contributed by atoms with van der Waals surface area (Å²) in [5.41, 5.74) is 1.83. The molecule has 3 heterocycles. The van der Waals surface area contributed by atoms with Crippen molar-refractivity contribution in [3.63, 3.8) is 0 Å². The molecule has 1 aromatic heterocycles. The fraction of sp³-hybridized carbons (Fsp3) is 0.414. The Hall–Kier alpha value is -3.62. The van der Waals surface area contributed by atoms with Gasteiger partial charge in [-0.3, -0.25) is 23.9 Å². The molecule has 0 atom stereocenters. The third-order valence-electron chi connectivity index (χ3n) is 7.31. The Kier molecular flexibility index (Phi) is 9.32. The van der Waals surface area contributed by atoms with E-state index in [2.05, 4.69) is 0 Å². The molecule has 1 aromatic carbocycles. The van der Waals surface area contributed by atoms with Crippen molar-refractivity contribution in [3.05, 3.63) is 61.8 Å². The Bertz CT molecular complexity index is 1450. The van der Waals surface area contributed by atoms with E-state index in [4.69, 9.17) is 21.7 Å². The number of nitrogens with zero attached hydrogens (tertiary/aromatic N) is 4. The van der Waals surface area contributed by atoms with Gasteiger partial charge < -0.3 is 14.4 Å². The number of pyridine rings is 1. The predicted molar refractivity (Wildman–Crippen MR) is 159 cm³/mol. The van der Waals surface area contributed by atoms with Crippen molar-refractivity contribution in [3.8, 4) is 11.8 Å². The molecule has 2 saturated heterocycles. The quantitative estimate of drug-likeness (QED) is 0.262. The first-order valence-electron chi connectivity index (χ1n) is 13.1. The zero-order chi connectivity index (χ0) is 29.0. The number of methoxy groups -OCH3 is 1. The van der Waals surface area contributed by atoms with E-state index in [1.54, 1.807) is 39.0 Å². The molecule has 4 rings (SSSR count). The summed E-state index contributed by atoms with van der Waals surface area (Å²) in [6, 6.07) is 9.71. The van der Waals surface area contributed by atoms with E-state index in [9.17, 15) is 19.6 Å². The summed E-state index contributed by atoms with van der Waals surface area (Å²) in [5, 5.41) is 9.75. The zero-order valence-electron chi connectivity index (χ0n) is 23.1. The molecule has 2 fully saturated rings. The van der Waals surface area contributed by atoms with Crippen LogP contribution in [-0.2, 0) is 27.8 Å². The van der Waals surface area contributed by atoms with Crippen molar-refractivity contribution in [2.24, 2.45) is 13.0 Å². The molecular formula is C29H32N4O5S2. The first kappa shape index (κ1) is 29.4. The fourth-order valence-electron chi connectivity index (χ4n) is 5.04. The van der Waals surface area contributed by atoms with Gasteiger partial charge in [-0.25, -0.2) is 0 Å². The van der Waals surface area contributed by atoms with Crippen molar-refractivity contribution < 1.29 is 19.1 Å². The van der Waals surface area contributed by atoms with Crippen LogP contribution >= 0.6 is 24.0 Å². The third kappa shape index (κ3) is 5.93. The first-order chi connectivity index (χ1) is 19.2. The summed E-state index contributed by atoms with van der Waals surface area (Å²) in [6.45, 7) is 5.35. The molecular weight excluding hydrogens is 548 g/mol. The monoisotopic (exact) mass is 580 g/mol. The number of carbonyl (C=O) groups is 2. The van der Waals surface area contributed by atoms with Crippen LogP contribution in [0.15, 0.2) is 34.0 Å². The van der Waals surface area contributed by atoms with Gasteiger partial charge in [-0.2, -0.15) is 5.26 Å². The molecule has 2 aliphatic rings. The van der Waals surface area contributed by atoms with Crippen molar-refractivity contribution in [2.45, 2.75) is 33.1 Å². The van der Waals surface area contributed by atoms with Crippen LogP contribution in [0.4, 0.5) is 5.82 Å². The van der Waals surface area contributed by atoms with Crippen LogP contribution in [0.1, 0.15) is 42.0 Å². The van der Waals surface area contributed by atoms with E-state index in [1.807, 2.05) is 35.2 Å². The number of piperidine rings is 1. The van der Waals surface area contributed by atoms with Crippen molar-refractivity contribution in [1.29, 1.82) is 5.26 Å². The van der Waals surface area contributed by atoms with Crippen LogP contribution in [0.2, 0.25) is 0 Å². The van der Waals surface area contributed by atoms with E-state index in [0.717, 1.165) is 11.3 Å². The lowest BCUT2D eigenvalue weighted by molar-refractivity contribution is -0.148. The maximum absolute atomic E-state index is 13.5. The summed E-state index contributed by atoms with van der Waals surface area (Å²) in [4.78, 5) is 42.9. The number of aromatic nitrogens is 1. The molecule has 9 nitrogen and oxygen atoms in total. The molecule has 0 saturated carbocycles. The highest BCUT2D eigenvalue weighted by Gasteiger charge is 2.34. The number of benzene rings is 1. The van der Waals surface area contributed by atoms with Crippen LogP contribution in [-0.4, -0.2) is 59.0 Å². The molecule has 0 N–H and O–H groups in total. The number of amides is 1. The SMILES string of the molecule is CCOC(=O)C1CCN(c2c(/C=C3/SC(=S)N(CCc4ccc(OC)cc4)C3=O)c(C)c(C#N)c(=O)n2C)CC1. The second kappa shape index (κ2) is 12.7. The van der Waals surface area contributed by atoms with Crippen LogP contribution in [0, 0.1) is 24.2 Å². The molecule has 1 amide bonds. The Morgan fingerprint density at radius 2 is 1.90 bits per heavy atom. The number of esters is 1. The van der Waals surface area contributed by atoms with Gasteiger partial charge in [0.05, 0.1) is 24.5 Å². The average molecular weight is 581 g/mol. The van der Waals surface area contributed by atoms with Crippen molar-refractivity contribution in [2.75, 3.05) is 38.3 Å². The molecule has 2 aromatic rings. The maximum atomic E-state index is 13.5. The molecule has 40 heavy (non-hydrogen) atoms. The molecule has 2 aliphatic heterocycles. The molecule has 0 unspecified atom stereocenters. The predicted octanol–water partition coefficient (Wildman–Crippen LogP) is 3.80. The van der Waals surface area contributed by atoms with Gasteiger partial charge in [-0.05, 0) is 62.4 Å². The third-order valence-corrected chi connectivity index (χ3v) is 8.69. The van der Waals surface area contributed by atoms with Gasteiger partial charge in [0.1, 0.15) is 27.5 Å². The maximum Gasteiger partial charge on any atom is 0.309 e. The van der Waals surface area contributed by atoms with E-state index < -0.39 is 5.56 Å². The summed E-state index contributed by atoms with van der Waals surface area (Å²) < 4.78 is 12.3. The van der Waals surface area contributed by atoms with Gasteiger partial charge in [0.25, 0.3) is 11.5 Å². The number of rotatable bonds is 8. The summed E-state index contributed by atoms with van der Waals surface area (Å²) in [7, 11) is 3.25. The van der Waals surface area contributed by atoms with E-state index in [-0.39, 0.29) is 23.4 Å². The lowest BCUT2D eigenvalue weighted by Crippen LogP contribution is -2.40. The number of hydrogen-bond acceptors (Lipinski definition) is 9. The molecule has 11 heteroatoms. The highest BCUT2D eigenvalue weighted by Crippen LogP contribution is 2.36. The van der Waals surface area contributed by atoms with Crippen LogP contribution < -0.4 is 15.2 Å². The number of anilines is 1. The average Bonchev–Trinajstić information content (AvgIpc) is 3.23. The molecule has 0 aliphatic carbocycles. The van der Waals surface area contributed by atoms with E-state index in [0.29, 0.717) is 71.7 Å². The largest absolute Gasteiger partial charge is 0.497 e. The smallest absolute Gasteiger partial charge is 0.309 e. The molecule has 0 bridgehead atoms. The summed E-state index contributed by atoms with van der Waals surface area (Å²) in [5.74, 6) is 0.779. The second-order valence-corrected chi connectivity index (χ2v) is 11.3.